The molecule has 7 heteroatoms. The molecule has 0 radical (unpaired) electrons. The Labute approximate surface area is 162 Å². The van der Waals surface area contributed by atoms with Gasteiger partial charge in [0.15, 0.2) is 5.78 Å². The van der Waals surface area contributed by atoms with Crippen LogP contribution >= 0.6 is 0 Å². The predicted molar refractivity (Wildman–Crippen MR) is 102 cm³/mol. The number of aliphatic hydroxyl groups excluding tert-OH is 1. The van der Waals surface area contributed by atoms with Gasteiger partial charge in [0.25, 0.3) is 0 Å². The molecule has 1 heterocycles. The maximum absolute atomic E-state index is 12.6. The second-order valence-corrected chi connectivity index (χ2v) is 7.03. The van der Waals surface area contributed by atoms with E-state index in [0.29, 0.717) is 17.7 Å². The first kappa shape index (κ1) is 20.4. The maximum Gasteiger partial charge on any atom is 0.416 e. The van der Waals surface area contributed by atoms with E-state index in [1.54, 1.807) is 0 Å². The topological polar surface area (TPSA) is 43.8 Å². The lowest BCUT2D eigenvalue weighted by Gasteiger charge is -2.37. The van der Waals surface area contributed by atoms with Gasteiger partial charge in [0.2, 0.25) is 0 Å². The largest absolute Gasteiger partial charge is 0.416 e. The van der Waals surface area contributed by atoms with E-state index in [1.165, 1.54) is 19.1 Å². The Bertz CT molecular complexity index is 796. The lowest BCUT2D eigenvalue weighted by atomic mass is 10.1. The minimum Gasteiger partial charge on any atom is -0.387 e. The van der Waals surface area contributed by atoms with E-state index in [9.17, 15) is 23.1 Å². The van der Waals surface area contributed by atoms with Crippen LogP contribution in [-0.4, -0.2) is 48.5 Å². The first-order valence-electron chi connectivity index (χ1n) is 9.17. The molecule has 2 aromatic carbocycles. The zero-order chi connectivity index (χ0) is 20.3. The summed E-state index contributed by atoms with van der Waals surface area (Å²) in [7, 11) is 0. The van der Waals surface area contributed by atoms with Crippen LogP contribution in [0.4, 0.5) is 18.9 Å². The van der Waals surface area contributed by atoms with Gasteiger partial charge in [0, 0.05) is 44.0 Å². The average molecular weight is 392 g/mol. The molecule has 0 unspecified atom stereocenters. The van der Waals surface area contributed by atoms with Crippen LogP contribution in [0.5, 0.6) is 0 Å². The molecule has 3 rings (SSSR count). The Morgan fingerprint density at radius 2 is 1.57 bits per heavy atom. The Morgan fingerprint density at radius 1 is 1.00 bits per heavy atom. The van der Waals surface area contributed by atoms with Crippen molar-refractivity contribution >= 4 is 11.5 Å². The Kier molecular flexibility index (Phi) is 6.05. The molecule has 0 amide bonds. The molecule has 1 N–H and O–H groups in total. The number of rotatable bonds is 5. The molecule has 4 nitrogen and oxygen atoms in total. The van der Waals surface area contributed by atoms with Crippen molar-refractivity contribution < 1.29 is 23.1 Å². The lowest BCUT2D eigenvalue weighted by Crippen LogP contribution is -2.47. The number of ketones is 1. The maximum atomic E-state index is 12.6. The first-order valence-corrected chi connectivity index (χ1v) is 9.17. The molecule has 1 saturated heterocycles. The van der Waals surface area contributed by atoms with Crippen LogP contribution in [-0.2, 0) is 6.18 Å². The fraction of sp³-hybridized carbons (Fsp3) is 0.381. The second kappa shape index (κ2) is 8.32. The number of halogens is 3. The smallest absolute Gasteiger partial charge is 0.387 e. The van der Waals surface area contributed by atoms with Crippen molar-refractivity contribution in [3.63, 3.8) is 0 Å². The van der Waals surface area contributed by atoms with Crippen LogP contribution < -0.4 is 4.90 Å². The number of hydrogen-bond acceptors (Lipinski definition) is 4. The normalized spacial score (nSPS) is 16.8. The van der Waals surface area contributed by atoms with Crippen LogP contribution in [0.3, 0.4) is 0 Å². The zero-order valence-corrected chi connectivity index (χ0v) is 15.6. The van der Waals surface area contributed by atoms with Crippen molar-refractivity contribution in [2.24, 2.45) is 0 Å². The van der Waals surface area contributed by atoms with Crippen molar-refractivity contribution in [3.8, 4) is 0 Å². The van der Waals surface area contributed by atoms with E-state index in [1.807, 2.05) is 24.3 Å². The van der Waals surface area contributed by atoms with Crippen molar-refractivity contribution in [3.05, 3.63) is 65.2 Å². The summed E-state index contributed by atoms with van der Waals surface area (Å²) in [5, 5.41) is 10.4. The van der Waals surface area contributed by atoms with Gasteiger partial charge in [-0.3, -0.25) is 9.69 Å². The number of alkyl halides is 3. The van der Waals surface area contributed by atoms with E-state index in [0.717, 1.165) is 44.0 Å². The molecule has 0 spiro atoms. The van der Waals surface area contributed by atoms with Gasteiger partial charge in [-0.2, -0.15) is 13.2 Å². The molecular formula is C21H23F3N2O2. The minimum absolute atomic E-state index is 0.0358. The number of aliphatic hydroxyl groups is 1. The Morgan fingerprint density at radius 3 is 2.07 bits per heavy atom. The molecule has 1 atom stereocenters. The van der Waals surface area contributed by atoms with Gasteiger partial charge in [-0.15, -0.1) is 0 Å². The number of hydrogen-bond donors (Lipinski definition) is 1. The fourth-order valence-electron chi connectivity index (χ4n) is 3.34. The molecular weight excluding hydrogens is 369 g/mol. The van der Waals surface area contributed by atoms with Crippen molar-refractivity contribution in [1.82, 2.24) is 4.90 Å². The Hall–Kier alpha value is -2.38. The van der Waals surface area contributed by atoms with Crippen molar-refractivity contribution in [1.29, 1.82) is 0 Å². The van der Waals surface area contributed by atoms with Crippen LogP contribution in [0.1, 0.15) is 34.5 Å². The van der Waals surface area contributed by atoms with Crippen molar-refractivity contribution in [2.45, 2.75) is 19.2 Å². The number of anilines is 1. The SMILES string of the molecule is CC(=O)c1ccc(N2CCN(C[C@@H](O)c3ccc(C(F)(F)F)cc3)CC2)cc1. The van der Waals surface area contributed by atoms with E-state index in [2.05, 4.69) is 9.80 Å². The van der Waals surface area contributed by atoms with E-state index in [-0.39, 0.29) is 5.78 Å². The summed E-state index contributed by atoms with van der Waals surface area (Å²) < 4.78 is 37.9. The van der Waals surface area contributed by atoms with Gasteiger partial charge in [-0.1, -0.05) is 12.1 Å². The molecule has 1 aliphatic heterocycles. The summed E-state index contributed by atoms with van der Waals surface area (Å²) >= 11 is 0. The number of carbonyl (C=O) groups is 1. The number of Topliss-reactive ketones (excluding diaryl/α,β-unsaturated/α-hetero) is 1. The van der Waals surface area contributed by atoms with E-state index < -0.39 is 17.8 Å². The number of β-amino-alcohol motifs (C(OH)–C–C–N with tert-alkyl or cyclic N) is 1. The standard InChI is InChI=1S/C21H23F3N2O2/c1-15(27)16-4-8-19(9-5-16)26-12-10-25(11-13-26)14-20(28)17-2-6-18(7-3-17)21(22,23)24/h2-9,20,28H,10-14H2,1H3/t20-/m1/s1. The van der Waals surface area contributed by atoms with Crippen molar-refractivity contribution in [2.75, 3.05) is 37.6 Å². The zero-order valence-electron chi connectivity index (χ0n) is 15.6. The molecule has 1 fully saturated rings. The molecule has 0 saturated carbocycles. The molecule has 28 heavy (non-hydrogen) atoms. The van der Waals surface area contributed by atoms with Gasteiger partial charge in [-0.05, 0) is 48.9 Å². The monoisotopic (exact) mass is 392 g/mol. The van der Waals surface area contributed by atoms with Crippen LogP contribution in [0, 0.1) is 0 Å². The van der Waals surface area contributed by atoms with Gasteiger partial charge in [-0.25, -0.2) is 0 Å². The first-order chi connectivity index (χ1) is 13.2. The lowest BCUT2D eigenvalue weighted by molar-refractivity contribution is -0.137. The summed E-state index contributed by atoms with van der Waals surface area (Å²) in [5.74, 6) is 0.0358. The van der Waals surface area contributed by atoms with E-state index >= 15 is 0 Å². The van der Waals surface area contributed by atoms with E-state index in [4.69, 9.17) is 0 Å². The summed E-state index contributed by atoms with van der Waals surface area (Å²) in [6.45, 7) is 4.95. The molecule has 150 valence electrons. The minimum atomic E-state index is -4.37. The highest BCUT2D eigenvalue weighted by atomic mass is 19.4. The number of benzene rings is 2. The number of nitrogens with zero attached hydrogens (tertiary/aromatic N) is 2. The van der Waals surface area contributed by atoms with Gasteiger partial charge < -0.3 is 10.0 Å². The number of piperazine rings is 1. The molecule has 0 aromatic heterocycles. The summed E-state index contributed by atoms with van der Waals surface area (Å²) in [5.41, 5.74) is 1.50. The molecule has 2 aromatic rings. The van der Waals surface area contributed by atoms with Crippen LogP contribution in [0.2, 0.25) is 0 Å². The quantitative estimate of drug-likeness (QED) is 0.787. The predicted octanol–water partition coefficient (Wildman–Crippen LogP) is 3.76. The second-order valence-electron chi connectivity index (χ2n) is 7.03. The average Bonchev–Trinajstić information content (AvgIpc) is 2.68. The summed E-state index contributed by atoms with van der Waals surface area (Å²) in [4.78, 5) is 15.7. The van der Waals surface area contributed by atoms with Crippen LogP contribution in [0.15, 0.2) is 48.5 Å². The highest BCUT2D eigenvalue weighted by Gasteiger charge is 2.30. The molecule has 0 aliphatic carbocycles. The Balaban J connectivity index is 1.53. The number of carbonyl (C=O) groups excluding carboxylic acids is 1. The van der Waals surface area contributed by atoms with Gasteiger partial charge in [0.1, 0.15) is 0 Å². The van der Waals surface area contributed by atoms with Gasteiger partial charge >= 0.3 is 6.18 Å². The molecule has 1 aliphatic rings. The third-order valence-corrected chi connectivity index (χ3v) is 5.07. The highest BCUT2D eigenvalue weighted by Crippen LogP contribution is 2.30. The highest BCUT2D eigenvalue weighted by molar-refractivity contribution is 5.94. The van der Waals surface area contributed by atoms with Crippen LogP contribution in [0.25, 0.3) is 0 Å². The fourth-order valence-corrected chi connectivity index (χ4v) is 3.34. The summed E-state index contributed by atoms with van der Waals surface area (Å²) in [6.07, 6.45) is -5.20. The third-order valence-electron chi connectivity index (χ3n) is 5.07. The molecule has 0 bridgehead atoms. The summed E-state index contributed by atoms with van der Waals surface area (Å²) in [6, 6.07) is 12.2. The third kappa shape index (κ3) is 4.91. The van der Waals surface area contributed by atoms with Gasteiger partial charge in [0.05, 0.1) is 11.7 Å².